The van der Waals surface area contributed by atoms with Crippen LogP contribution in [0.15, 0.2) is 40.9 Å². The van der Waals surface area contributed by atoms with E-state index in [-0.39, 0.29) is 36.4 Å². The smallest absolute Gasteiger partial charge is 0.232 e. The molecule has 1 aliphatic rings. The summed E-state index contributed by atoms with van der Waals surface area (Å²) in [6.07, 6.45) is 0.0984. The van der Waals surface area contributed by atoms with Gasteiger partial charge in [0.15, 0.2) is 0 Å². The normalized spacial score (nSPS) is 16.3. The minimum absolute atomic E-state index is 0.0984. The van der Waals surface area contributed by atoms with Gasteiger partial charge in [0.05, 0.1) is 20.1 Å². The Morgan fingerprint density at radius 1 is 1.03 bits per heavy atom. The molecule has 4 rings (SSSR count). The van der Waals surface area contributed by atoms with Crippen molar-refractivity contribution < 1.29 is 27.6 Å². The molecule has 1 aromatic heterocycles. The molecule has 2 heterocycles. The van der Waals surface area contributed by atoms with Crippen molar-refractivity contribution in [3.63, 3.8) is 0 Å². The van der Waals surface area contributed by atoms with Crippen molar-refractivity contribution in [1.29, 1.82) is 0 Å². The van der Waals surface area contributed by atoms with Gasteiger partial charge in [0.1, 0.15) is 23.1 Å². The first-order valence-corrected chi connectivity index (χ1v) is 8.80. The van der Waals surface area contributed by atoms with Crippen molar-refractivity contribution >= 4 is 11.6 Å². The number of nitrogens with zero attached hydrogens (tertiary/aromatic N) is 3. The molecule has 1 aliphatic heterocycles. The van der Waals surface area contributed by atoms with Crippen molar-refractivity contribution in [1.82, 2.24) is 10.1 Å². The molecular formula is C20H17F2N3O4. The first-order chi connectivity index (χ1) is 14.0. The van der Waals surface area contributed by atoms with Gasteiger partial charge in [-0.05, 0) is 24.3 Å². The van der Waals surface area contributed by atoms with Gasteiger partial charge < -0.3 is 18.9 Å². The topological polar surface area (TPSA) is 77.7 Å². The van der Waals surface area contributed by atoms with Crippen LogP contribution in [-0.4, -0.2) is 36.8 Å². The van der Waals surface area contributed by atoms with Gasteiger partial charge in [0.2, 0.25) is 17.6 Å². The molecule has 0 radical (unpaired) electrons. The van der Waals surface area contributed by atoms with Crippen molar-refractivity contribution in [2.45, 2.75) is 12.3 Å². The number of hydrogen-bond donors (Lipinski definition) is 0. The zero-order valence-electron chi connectivity index (χ0n) is 15.7. The SMILES string of the molecule is COc1cc(OC)cc(-c2noc(C3CC(=O)N(c4cc(F)cc(F)c4)C3)n2)c1. The number of halogens is 2. The molecule has 3 aromatic rings. The summed E-state index contributed by atoms with van der Waals surface area (Å²) < 4.78 is 42.9. The van der Waals surface area contributed by atoms with E-state index in [2.05, 4.69) is 10.1 Å². The number of carbonyl (C=O) groups excluding carboxylic acids is 1. The molecule has 0 spiro atoms. The van der Waals surface area contributed by atoms with Crippen LogP contribution < -0.4 is 14.4 Å². The Balaban J connectivity index is 1.58. The molecular weight excluding hydrogens is 384 g/mol. The van der Waals surface area contributed by atoms with Gasteiger partial charge in [-0.1, -0.05) is 5.16 Å². The van der Waals surface area contributed by atoms with Gasteiger partial charge in [-0.2, -0.15) is 4.98 Å². The molecule has 1 atom stereocenters. The molecule has 9 heteroatoms. The third-order valence-corrected chi connectivity index (χ3v) is 4.68. The standard InChI is InChI=1S/C20H17F2N3O4/c1-27-16-3-11(4-17(9-16)28-2)19-23-20(29-24-19)12-5-18(26)25(10-12)15-7-13(21)6-14(22)8-15/h3-4,6-9,12H,5,10H2,1-2H3. The van der Waals surface area contributed by atoms with Crippen LogP contribution in [-0.2, 0) is 4.79 Å². The third kappa shape index (κ3) is 3.75. The van der Waals surface area contributed by atoms with E-state index in [0.29, 0.717) is 22.9 Å². The van der Waals surface area contributed by atoms with Crippen LogP contribution in [0.1, 0.15) is 18.2 Å². The Morgan fingerprint density at radius 3 is 2.31 bits per heavy atom. The second-order valence-corrected chi connectivity index (χ2v) is 6.59. The van der Waals surface area contributed by atoms with Crippen molar-refractivity contribution in [2.24, 2.45) is 0 Å². The summed E-state index contributed by atoms with van der Waals surface area (Å²) >= 11 is 0. The molecule has 1 amide bonds. The Labute approximate surface area is 164 Å². The zero-order chi connectivity index (χ0) is 20.5. The number of anilines is 1. The molecule has 2 aromatic carbocycles. The van der Waals surface area contributed by atoms with E-state index >= 15 is 0 Å². The fraction of sp³-hybridized carbons (Fsp3) is 0.250. The Kier molecular flexibility index (Phi) is 4.87. The molecule has 29 heavy (non-hydrogen) atoms. The lowest BCUT2D eigenvalue weighted by molar-refractivity contribution is -0.117. The van der Waals surface area contributed by atoms with Gasteiger partial charge in [-0.3, -0.25) is 4.79 Å². The molecule has 0 N–H and O–H groups in total. The number of ether oxygens (including phenoxy) is 2. The van der Waals surface area contributed by atoms with Crippen LogP contribution in [0.5, 0.6) is 11.5 Å². The van der Waals surface area contributed by atoms with E-state index in [0.717, 1.165) is 18.2 Å². The van der Waals surface area contributed by atoms with Gasteiger partial charge >= 0.3 is 0 Å². The van der Waals surface area contributed by atoms with Gasteiger partial charge in [0, 0.05) is 36.3 Å². The number of hydrogen-bond acceptors (Lipinski definition) is 6. The lowest BCUT2D eigenvalue weighted by Gasteiger charge is -2.16. The predicted molar refractivity (Wildman–Crippen MR) is 98.9 cm³/mol. The van der Waals surface area contributed by atoms with Crippen LogP contribution in [0.2, 0.25) is 0 Å². The molecule has 0 bridgehead atoms. The summed E-state index contributed by atoms with van der Waals surface area (Å²) in [7, 11) is 3.07. The van der Waals surface area contributed by atoms with E-state index in [1.54, 1.807) is 18.2 Å². The summed E-state index contributed by atoms with van der Waals surface area (Å²) in [6, 6.07) is 8.18. The minimum atomic E-state index is -0.747. The fourth-order valence-corrected chi connectivity index (χ4v) is 3.27. The van der Waals surface area contributed by atoms with Gasteiger partial charge in [0.25, 0.3) is 0 Å². The lowest BCUT2D eigenvalue weighted by Crippen LogP contribution is -2.24. The molecule has 1 unspecified atom stereocenters. The summed E-state index contributed by atoms with van der Waals surface area (Å²) in [5, 5.41) is 3.99. The van der Waals surface area contributed by atoms with E-state index in [1.165, 1.54) is 19.1 Å². The molecule has 1 saturated heterocycles. The van der Waals surface area contributed by atoms with Crippen LogP contribution in [0, 0.1) is 11.6 Å². The average molecular weight is 401 g/mol. The first kappa shape index (κ1) is 18.9. The number of benzene rings is 2. The van der Waals surface area contributed by atoms with Crippen LogP contribution >= 0.6 is 0 Å². The largest absolute Gasteiger partial charge is 0.497 e. The van der Waals surface area contributed by atoms with Crippen molar-refractivity contribution in [3.05, 3.63) is 53.9 Å². The highest BCUT2D eigenvalue weighted by atomic mass is 19.1. The maximum atomic E-state index is 13.5. The van der Waals surface area contributed by atoms with Crippen LogP contribution in [0.3, 0.4) is 0 Å². The summed E-state index contributed by atoms with van der Waals surface area (Å²) in [5.74, 6) is -0.423. The highest BCUT2D eigenvalue weighted by molar-refractivity contribution is 5.96. The Morgan fingerprint density at radius 2 is 1.69 bits per heavy atom. The summed E-state index contributed by atoms with van der Waals surface area (Å²) in [5.41, 5.74) is 0.789. The Hall–Kier alpha value is -3.49. The second-order valence-electron chi connectivity index (χ2n) is 6.59. The number of aromatic nitrogens is 2. The summed E-state index contributed by atoms with van der Waals surface area (Å²) in [4.78, 5) is 18.1. The van der Waals surface area contributed by atoms with Crippen molar-refractivity contribution in [2.75, 3.05) is 25.7 Å². The van der Waals surface area contributed by atoms with Crippen molar-refractivity contribution in [3.8, 4) is 22.9 Å². The highest BCUT2D eigenvalue weighted by Gasteiger charge is 2.35. The van der Waals surface area contributed by atoms with E-state index in [1.807, 2.05) is 0 Å². The molecule has 0 saturated carbocycles. The summed E-state index contributed by atoms with van der Waals surface area (Å²) in [6.45, 7) is 0.185. The predicted octanol–water partition coefficient (Wildman–Crippen LogP) is 3.55. The minimum Gasteiger partial charge on any atom is -0.497 e. The van der Waals surface area contributed by atoms with Crippen LogP contribution in [0.25, 0.3) is 11.4 Å². The molecule has 1 fully saturated rings. The fourth-order valence-electron chi connectivity index (χ4n) is 3.27. The van der Waals surface area contributed by atoms with Crippen LogP contribution in [0.4, 0.5) is 14.5 Å². The molecule has 0 aliphatic carbocycles. The quantitative estimate of drug-likeness (QED) is 0.651. The molecule has 150 valence electrons. The zero-order valence-corrected chi connectivity index (χ0v) is 15.7. The third-order valence-electron chi connectivity index (χ3n) is 4.68. The number of carbonyl (C=O) groups is 1. The lowest BCUT2D eigenvalue weighted by atomic mass is 10.1. The maximum Gasteiger partial charge on any atom is 0.232 e. The van der Waals surface area contributed by atoms with E-state index < -0.39 is 11.6 Å². The van der Waals surface area contributed by atoms with E-state index in [4.69, 9.17) is 14.0 Å². The first-order valence-electron chi connectivity index (χ1n) is 8.80. The average Bonchev–Trinajstić information content (AvgIpc) is 3.33. The monoisotopic (exact) mass is 401 g/mol. The van der Waals surface area contributed by atoms with Gasteiger partial charge in [-0.25, -0.2) is 8.78 Å². The number of amides is 1. The number of rotatable bonds is 5. The van der Waals surface area contributed by atoms with E-state index in [9.17, 15) is 13.6 Å². The maximum absolute atomic E-state index is 13.5. The number of methoxy groups -OCH3 is 2. The molecule has 7 nitrogen and oxygen atoms in total. The highest BCUT2D eigenvalue weighted by Crippen LogP contribution is 2.34. The second kappa shape index (κ2) is 7.50. The Bertz CT molecular complexity index is 1030. The van der Waals surface area contributed by atoms with Gasteiger partial charge in [-0.15, -0.1) is 0 Å².